The Morgan fingerprint density at radius 1 is 1.18 bits per heavy atom. The molecule has 0 amide bonds. The monoisotopic (exact) mass is 300 g/mol. The maximum absolute atomic E-state index is 10.9. The summed E-state index contributed by atoms with van der Waals surface area (Å²) in [6.07, 6.45) is -1.18. The van der Waals surface area contributed by atoms with E-state index in [4.69, 9.17) is 19.3 Å². The molecule has 2 aromatic rings. The molecule has 1 saturated heterocycles. The van der Waals surface area contributed by atoms with Crippen molar-refractivity contribution in [2.24, 2.45) is 0 Å². The Bertz CT molecular complexity index is 668. The quantitative estimate of drug-likeness (QED) is 0.831. The first-order chi connectivity index (χ1) is 10.7. The molecule has 2 aromatic carbocycles. The third-order valence-corrected chi connectivity index (χ3v) is 3.49. The Hall–Kier alpha value is -2.53. The number of carbonyl (C=O) groups is 1. The van der Waals surface area contributed by atoms with Crippen molar-refractivity contribution in [3.63, 3.8) is 0 Å². The van der Waals surface area contributed by atoms with E-state index >= 15 is 0 Å². The summed E-state index contributed by atoms with van der Waals surface area (Å²) in [6.45, 7) is 0.411. The van der Waals surface area contributed by atoms with E-state index in [1.807, 2.05) is 30.3 Å². The number of epoxide rings is 1. The molecule has 0 aliphatic carbocycles. The zero-order valence-corrected chi connectivity index (χ0v) is 12.1. The van der Waals surface area contributed by atoms with Gasteiger partial charge in [-0.1, -0.05) is 36.4 Å². The van der Waals surface area contributed by atoms with Crippen LogP contribution in [0.15, 0.2) is 48.5 Å². The number of carboxylic acids is 1. The van der Waals surface area contributed by atoms with Crippen LogP contribution in [0, 0.1) is 0 Å². The van der Waals surface area contributed by atoms with Crippen molar-refractivity contribution in [3.05, 3.63) is 59.7 Å². The normalized spacial score (nSPS) is 19.5. The lowest BCUT2D eigenvalue weighted by atomic mass is 10.1. The van der Waals surface area contributed by atoms with Crippen LogP contribution in [0.5, 0.6) is 11.5 Å². The van der Waals surface area contributed by atoms with E-state index in [1.165, 1.54) is 0 Å². The summed E-state index contributed by atoms with van der Waals surface area (Å²) in [5.41, 5.74) is 1.82. The van der Waals surface area contributed by atoms with Crippen LogP contribution >= 0.6 is 0 Å². The second kappa shape index (κ2) is 6.07. The minimum atomic E-state index is -0.951. The van der Waals surface area contributed by atoms with E-state index in [0.717, 1.165) is 11.1 Å². The average molecular weight is 300 g/mol. The van der Waals surface area contributed by atoms with E-state index in [-0.39, 0.29) is 0 Å². The van der Waals surface area contributed by atoms with Crippen LogP contribution in [-0.4, -0.2) is 24.3 Å². The number of benzene rings is 2. The molecule has 0 spiro atoms. The summed E-state index contributed by atoms with van der Waals surface area (Å²) < 4.78 is 16.2. The summed E-state index contributed by atoms with van der Waals surface area (Å²) in [4.78, 5) is 10.9. The highest BCUT2D eigenvalue weighted by atomic mass is 16.6. The van der Waals surface area contributed by atoms with Crippen molar-refractivity contribution >= 4 is 5.97 Å². The standard InChI is InChI=1S/C17H16O5/c1-20-13-8-7-12(15-16(22-15)17(18)19)9-14(13)21-10-11-5-3-2-4-6-11/h2-9,15-16H,10H2,1H3,(H,18,19)/t15-,16+/m1/s1. The average Bonchev–Trinajstić information content (AvgIpc) is 3.34. The molecule has 1 aliphatic heterocycles. The van der Waals surface area contributed by atoms with Gasteiger partial charge in [0.15, 0.2) is 17.6 Å². The summed E-state index contributed by atoms with van der Waals surface area (Å²) in [5.74, 6) is 0.225. The van der Waals surface area contributed by atoms with Gasteiger partial charge < -0.3 is 19.3 Å². The third kappa shape index (κ3) is 3.04. The Labute approximate surface area is 128 Å². The van der Waals surface area contributed by atoms with Crippen LogP contribution in [0.2, 0.25) is 0 Å². The third-order valence-electron chi connectivity index (χ3n) is 3.49. The number of hydrogen-bond donors (Lipinski definition) is 1. The number of methoxy groups -OCH3 is 1. The molecule has 1 aliphatic rings. The molecule has 0 saturated carbocycles. The van der Waals surface area contributed by atoms with Crippen LogP contribution in [0.4, 0.5) is 0 Å². The highest BCUT2D eigenvalue weighted by Gasteiger charge is 2.46. The molecule has 114 valence electrons. The number of rotatable bonds is 6. The van der Waals surface area contributed by atoms with Gasteiger partial charge in [-0.2, -0.15) is 0 Å². The van der Waals surface area contributed by atoms with Gasteiger partial charge in [-0.05, 0) is 23.3 Å². The van der Waals surface area contributed by atoms with Crippen molar-refractivity contribution in [1.29, 1.82) is 0 Å². The maximum atomic E-state index is 10.9. The Morgan fingerprint density at radius 2 is 1.95 bits per heavy atom. The fraction of sp³-hybridized carbons (Fsp3) is 0.235. The molecule has 1 N–H and O–H groups in total. The first kappa shape index (κ1) is 14.4. The topological polar surface area (TPSA) is 68.3 Å². The van der Waals surface area contributed by atoms with Crippen LogP contribution in [0.1, 0.15) is 17.2 Å². The molecule has 1 fully saturated rings. The molecular weight excluding hydrogens is 284 g/mol. The number of carboxylic acid groups (broad SMARTS) is 1. The van der Waals surface area contributed by atoms with Gasteiger partial charge in [0.1, 0.15) is 12.7 Å². The molecule has 0 unspecified atom stereocenters. The van der Waals surface area contributed by atoms with Crippen molar-refractivity contribution in [2.75, 3.05) is 7.11 Å². The van der Waals surface area contributed by atoms with Gasteiger partial charge in [0, 0.05) is 0 Å². The second-order valence-electron chi connectivity index (χ2n) is 5.00. The molecule has 5 heteroatoms. The first-order valence-electron chi connectivity index (χ1n) is 6.92. The lowest BCUT2D eigenvalue weighted by molar-refractivity contribution is -0.138. The summed E-state index contributed by atoms with van der Waals surface area (Å²) >= 11 is 0. The SMILES string of the molecule is COc1ccc([C@H]2O[C@@H]2C(=O)O)cc1OCc1ccccc1. The largest absolute Gasteiger partial charge is 0.493 e. The van der Waals surface area contributed by atoms with E-state index < -0.39 is 18.2 Å². The fourth-order valence-electron chi connectivity index (χ4n) is 2.27. The van der Waals surface area contributed by atoms with Gasteiger partial charge in [0.25, 0.3) is 0 Å². The molecule has 22 heavy (non-hydrogen) atoms. The summed E-state index contributed by atoms with van der Waals surface area (Å²) in [7, 11) is 1.57. The zero-order chi connectivity index (χ0) is 15.5. The molecule has 0 bridgehead atoms. The maximum Gasteiger partial charge on any atom is 0.335 e. The molecule has 3 rings (SSSR count). The Kier molecular flexibility index (Phi) is 3.98. The van der Waals surface area contributed by atoms with Crippen LogP contribution in [0.3, 0.4) is 0 Å². The Balaban J connectivity index is 1.75. The Morgan fingerprint density at radius 3 is 2.59 bits per heavy atom. The van der Waals surface area contributed by atoms with Gasteiger partial charge >= 0.3 is 5.97 Å². The highest BCUT2D eigenvalue weighted by Crippen LogP contribution is 2.42. The molecule has 2 atom stereocenters. The predicted octanol–water partition coefficient (Wildman–Crippen LogP) is 2.80. The van der Waals surface area contributed by atoms with Crippen LogP contribution < -0.4 is 9.47 Å². The van der Waals surface area contributed by atoms with Crippen molar-refractivity contribution in [2.45, 2.75) is 18.8 Å². The molecule has 5 nitrogen and oxygen atoms in total. The number of hydrogen-bond acceptors (Lipinski definition) is 4. The molecule has 1 heterocycles. The highest BCUT2D eigenvalue weighted by molar-refractivity contribution is 5.76. The van der Waals surface area contributed by atoms with Gasteiger partial charge in [0.05, 0.1) is 7.11 Å². The summed E-state index contributed by atoms with van der Waals surface area (Å²) in [6, 6.07) is 15.1. The van der Waals surface area contributed by atoms with Gasteiger partial charge in [-0.25, -0.2) is 4.79 Å². The minimum absolute atomic E-state index is 0.411. The van der Waals surface area contributed by atoms with Gasteiger partial charge in [-0.15, -0.1) is 0 Å². The van der Waals surface area contributed by atoms with Gasteiger partial charge in [0.2, 0.25) is 0 Å². The van der Waals surface area contributed by atoms with Crippen molar-refractivity contribution in [3.8, 4) is 11.5 Å². The second-order valence-corrected chi connectivity index (χ2v) is 5.00. The zero-order valence-electron chi connectivity index (χ0n) is 12.1. The number of aliphatic carboxylic acids is 1. The van der Waals surface area contributed by atoms with Crippen molar-refractivity contribution in [1.82, 2.24) is 0 Å². The van der Waals surface area contributed by atoms with E-state index in [0.29, 0.717) is 18.1 Å². The van der Waals surface area contributed by atoms with E-state index in [1.54, 1.807) is 25.3 Å². The van der Waals surface area contributed by atoms with Crippen molar-refractivity contribution < 1.29 is 24.1 Å². The number of ether oxygens (including phenoxy) is 3. The van der Waals surface area contributed by atoms with E-state index in [2.05, 4.69) is 0 Å². The van der Waals surface area contributed by atoms with Crippen LogP contribution in [0.25, 0.3) is 0 Å². The summed E-state index contributed by atoms with van der Waals surface area (Å²) in [5, 5.41) is 8.93. The van der Waals surface area contributed by atoms with Crippen LogP contribution in [-0.2, 0) is 16.1 Å². The molecule has 0 radical (unpaired) electrons. The first-order valence-corrected chi connectivity index (χ1v) is 6.92. The minimum Gasteiger partial charge on any atom is -0.493 e. The van der Waals surface area contributed by atoms with Gasteiger partial charge in [-0.3, -0.25) is 0 Å². The molecular formula is C17H16O5. The van der Waals surface area contributed by atoms with E-state index in [9.17, 15) is 4.79 Å². The predicted molar refractivity (Wildman–Crippen MR) is 79.0 cm³/mol. The smallest absolute Gasteiger partial charge is 0.335 e. The fourth-order valence-corrected chi connectivity index (χ4v) is 2.27. The molecule has 0 aromatic heterocycles. The lowest BCUT2D eigenvalue weighted by Gasteiger charge is -2.12. The lowest BCUT2D eigenvalue weighted by Crippen LogP contribution is -2.05.